The van der Waals surface area contributed by atoms with Gasteiger partial charge in [-0.2, -0.15) is 4.98 Å². The minimum atomic E-state index is -0.665. The van der Waals surface area contributed by atoms with E-state index in [2.05, 4.69) is 32.4 Å². The molecule has 0 aliphatic carbocycles. The maximum absolute atomic E-state index is 12.2. The van der Waals surface area contributed by atoms with Gasteiger partial charge in [0.15, 0.2) is 0 Å². The Balaban J connectivity index is 2.28. The van der Waals surface area contributed by atoms with Crippen LogP contribution in [0.2, 0.25) is 5.28 Å². The van der Waals surface area contributed by atoms with Gasteiger partial charge in [-0.15, -0.1) is 0 Å². The number of hydrogen-bond donors (Lipinski definition) is 2. The molecule has 2 rings (SSSR count). The van der Waals surface area contributed by atoms with Crippen molar-refractivity contribution < 1.29 is 19.0 Å². The van der Waals surface area contributed by atoms with Crippen LogP contribution in [-0.4, -0.2) is 47.7 Å². The van der Waals surface area contributed by atoms with Crippen LogP contribution in [0, 0.1) is 11.8 Å². The lowest BCUT2D eigenvalue weighted by Crippen LogP contribution is -2.36. The molecule has 0 saturated carbocycles. The molecule has 0 aliphatic rings. The van der Waals surface area contributed by atoms with E-state index in [4.69, 9.17) is 25.8 Å². The number of rotatable bonds is 9. The third kappa shape index (κ3) is 9.66. The van der Waals surface area contributed by atoms with Gasteiger partial charge in [-0.05, 0) is 57.7 Å². The van der Waals surface area contributed by atoms with Gasteiger partial charge < -0.3 is 24.8 Å². The van der Waals surface area contributed by atoms with E-state index in [0.29, 0.717) is 24.6 Å². The summed E-state index contributed by atoms with van der Waals surface area (Å²) in [5.74, 6) is 6.37. The molecular weight excluding hydrogens is 444 g/mol. The van der Waals surface area contributed by atoms with Gasteiger partial charge in [0.1, 0.15) is 11.4 Å². The highest BCUT2D eigenvalue weighted by molar-refractivity contribution is 6.28. The highest BCUT2D eigenvalue weighted by Crippen LogP contribution is 2.21. The molecule has 2 N–H and O–H groups in total. The van der Waals surface area contributed by atoms with Crippen molar-refractivity contribution in [2.45, 2.75) is 52.6 Å². The van der Waals surface area contributed by atoms with Crippen LogP contribution in [0.3, 0.4) is 0 Å². The molecule has 8 nitrogen and oxygen atoms in total. The lowest BCUT2D eigenvalue weighted by molar-refractivity contribution is -0.0969. The Morgan fingerprint density at radius 3 is 2.42 bits per heavy atom. The normalized spacial score (nSPS) is 12.0. The summed E-state index contributed by atoms with van der Waals surface area (Å²) in [4.78, 5) is 20.6. The van der Waals surface area contributed by atoms with Crippen molar-refractivity contribution in [2.24, 2.45) is 0 Å². The second-order valence-corrected chi connectivity index (χ2v) is 8.24. The molecule has 1 amide bonds. The maximum atomic E-state index is 12.2. The average Bonchev–Trinajstić information content (AvgIpc) is 2.75. The first-order valence-corrected chi connectivity index (χ1v) is 11.1. The maximum Gasteiger partial charge on any atom is 0.407 e. The van der Waals surface area contributed by atoms with Crippen molar-refractivity contribution in [1.29, 1.82) is 0 Å². The zero-order valence-electron chi connectivity index (χ0n) is 19.6. The first kappa shape index (κ1) is 26.4. The van der Waals surface area contributed by atoms with E-state index in [1.54, 1.807) is 0 Å². The van der Waals surface area contributed by atoms with E-state index in [-0.39, 0.29) is 17.9 Å². The second-order valence-electron chi connectivity index (χ2n) is 7.90. The van der Waals surface area contributed by atoms with Gasteiger partial charge >= 0.3 is 6.09 Å². The molecule has 1 unspecified atom stereocenters. The Bertz CT molecular complexity index is 948. The summed E-state index contributed by atoms with van der Waals surface area (Å²) in [7, 11) is 0. The number of benzene rings is 1. The number of nitrogens with zero attached hydrogens (tertiary/aromatic N) is 2. The summed E-state index contributed by atoms with van der Waals surface area (Å²) in [5.41, 5.74) is 0.853. The zero-order chi connectivity index (χ0) is 24.3. The number of ether oxygens (including phenoxy) is 3. The van der Waals surface area contributed by atoms with E-state index in [1.165, 1.54) is 6.20 Å². The average molecular weight is 475 g/mol. The van der Waals surface area contributed by atoms with E-state index in [1.807, 2.05) is 65.0 Å². The monoisotopic (exact) mass is 474 g/mol. The first-order valence-electron chi connectivity index (χ1n) is 10.8. The SMILES string of the molecule is CCOC(C#Cc1cnc(Cl)nc1NC(CNC(=O)OC(C)(C)C)c1ccccc1)OCC. The Morgan fingerprint density at radius 1 is 1.15 bits per heavy atom. The highest BCUT2D eigenvalue weighted by Gasteiger charge is 2.19. The van der Waals surface area contributed by atoms with Crippen LogP contribution in [0.5, 0.6) is 0 Å². The van der Waals surface area contributed by atoms with Crippen LogP contribution >= 0.6 is 11.6 Å². The van der Waals surface area contributed by atoms with Gasteiger partial charge in [0.2, 0.25) is 11.6 Å². The summed E-state index contributed by atoms with van der Waals surface area (Å²) < 4.78 is 16.3. The summed E-state index contributed by atoms with van der Waals surface area (Å²) in [6, 6.07) is 9.31. The Morgan fingerprint density at radius 2 is 1.82 bits per heavy atom. The van der Waals surface area contributed by atoms with Gasteiger partial charge in [0.05, 0.1) is 11.6 Å². The summed E-state index contributed by atoms with van der Waals surface area (Å²) >= 11 is 6.06. The van der Waals surface area contributed by atoms with E-state index < -0.39 is 18.0 Å². The first-order chi connectivity index (χ1) is 15.7. The number of alkyl carbamates (subject to hydrolysis) is 1. The number of amides is 1. The fraction of sp³-hybridized carbons (Fsp3) is 0.458. The van der Waals surface area contributed by atoms with E-state index in [0.717, 1.165) is 5.56 Å². The van der Waals surface area contributed by atoms with Gasteiger partial charge in [-0.1, -0.05) is 36.3 Å². The van der Waals surface area contributed by atoms with Crippen molar-refractivity contribution in [3.05, 3.63) is 52.9 Å². The van der Waals surface area contributed by atoms with Crippen molar-refractivity contribution in [1.82, 2.24) is 15.3 Å². The minimum Gasteiger partial charge on any atom is -0.444 e. The molecule has 0 saturated heterocycles. The fourth-order valence-electron chi connectivity index (χ4n) is 2.73. The number of carbonyl (C=O) groups excluding carboxylic acids is 1. The third-order valence-electron chi connectivity index (χ3n) is 4.08. The lowest BCUT2D eigenvalue weighted by Gasteiger charge is -2.23. The predicted octanol–water partition coefficient (Wildman–Crippen LogP) is 4.56. The molecule has 0 spiro atoms. The molecule has 0 radical (unpaired) electrons. The predicted molar refractivity (Wildman–Crippen MR) is 128 cm³/mol. The third-order valence-corrected chi connectivity index (χ3v) is 4.26. The quantitative estimate of drug-likeness (QED) is 0.312. The minimum absolute atomic E-state index is 0.0705. The molecular formula is C24H31ClN4O4. The summed E-state index contributed by atoms with van der Waals surface area (Å²) in [6.07, 6.45) is 0.354. The molecule has 0 aliphatic heterocycles. The van der Waals surface area contributed by atoms with E-state index in [9.17, 15) is 4.79 Å². The molecule has 9 heteroatoms. The van der Waals surface area contributed by atoms with Crippen LogP contribution in [-0.2, 0) is 14.2 Å². The lowest BCUT2D eigenvalue weighted by atomic mass is 10.1. The molecule has 1 heterocycles. The summed E-state index contributed by atoms with van der Waals surface area (Å²) in [5, 5.41) is 6.19. The Labute approximate surface area is 200 Å². The number of nitrogens with one attached hydrogen (secondary N) is 2. The van der Waals surface area contributed by atoms with Crippen LogP contribution in [0.15, 0.2) is 36.5 Å². The Kier molecular flexibility index (Phi) is 10.4. The van der Waals surface area contributed by atoms with Gasteiger partial charge in [0.25, 0.3) is 0 Å². The molecule has 1 aromatic heterocycles. The molecule has 2 aromatic rings. The van der Waals surface area contributed by atoms with Crippen molar-refractivity contribution in [3.63, 3.8) is 0 Å². The number of hydrogen-bond acceptors (Lipinski definition) is 7. The van der Waals surface area contributed by atoms with Crippen LogP contribution < -0.4 is 10.6 Å². The number of anilines is 1. The van der Waals surface area contributed by atoms with Crippen molar-refractivity contribution in [3.8, 4) is 11.8 Å². The molecule has 1 atom stereocenters. The molecule has 0 bridgehead atoms. The van der Waals surface area contributed by atoms with Crippen molar-refractivity contribution in [2.75, 3.05) is 25.1 Å². The summed E-state index contributed by atoms with van der Waals surface area (Å²) in [6.45, 7) is 10.3. The fourth-order valence-corrected chi connectivity index (χ4v) is 2.87. The van der Waals surface area contributed by atoms with Gasteiger partial charge in [-0.3, -0.25) is 0 Å². The second kappa shape index (κ2) is 13.0. The number of aromatic nitrogens is 2. The number of halogens is 1. The van der Waals surface area contributed by atoms with Crippen molar-refractivity contribution >= 4 is 23.5 Å². The smallest absolute Gasteiger partial charge is 0.407 e. The standard InChI is InChI=1S/C24H31ClN4O4/c1-6-31-20(32-7-2)14-13-18-15-26-22(25)29-21(18)28-19(17-11-9-8-10-12-17)16-27-23(30)33-24(3,4)5/h8-12,15,19-20H,6-7,16H2,1-5H3,(H,27,30)(H,26,28,29). The topological polar surface area (TPSA) is 94.6 Å². The Hall–Kier alpha value is -2.86. The molecule has 0 fully saturated rings. The van der Waals surface area contributed by atoms with Gasteiger partial charge in [0, 0.05) is 26.0 Å². The van der Waals surface area contributed by atoms with E-state index >= 15 is 0 Å². The zero-order valence-corrected chi connectivity index (χ0v) is 20.4. The molecule has 33 heavy (non-hydrogen) atoms. The van der Waals surface area contributed by atoms with Gasteiger partial charge in [-0.25, -0.2) is 9.78 Å². The molecule has 178 valence electrons. The number of carbonyl (C=O) groups is 1. The van der Waals surface area contributed by atoms with Crippen LogP contribution in [0.4, 0.5) is 10.6 Å². The van der Waals surface area contributed by atoms with Crippen LogP contribution in [0.25, 0.3) is 0 Å². The highest BCUT2D eigenvalue weighted by atomic mass is 35.5. The largest absolute Gasteiger partial charge is 0.444 e. The van der Waals surface area contributed by atoms with Crippen LogP contribution in [0.1, 0.15) is 51.8 Å². The molecule has 1 aromatic carbocycles.